The summed E-state index contributed by atoms with van der Waals surface area (Å²) in [7, 11) is 0. The molecule has 0 saturated heterocycles. The molecule has 3 aromatic carbocycles. The Kier molecular flexibility index (Phi) is 5.86. The molecule has 0 aliphatic carbocycles. The molecule has 2 heterocycles. The van der Waals surface area contributed by atoms with E-state index >= 15 is 0 Å². The van der Waals surface area contributed by atoms with E-state index < -0.39 is 5.69 Å². The summed E-state index contributed by atoms with van der Waals surface area (Å²) in [6.07, 6.45) is 0.857. The van der Waals surface area contributed by atoms with Crippen LogP contribution in [0.4, 0.5) is 0 Å². The van der Waals surface area contributed by atoms with Crippen LogP contribution in [-0.4, -0.2) is 15.0 Å². The first-order chi connectivity index (χ1) is 16.6. The van der Waals surface area contributed by atoms with E-state index in [2.05, 4.69) is 5.32 Å². The normalized spacial score (nSPS) is 11.2. The number of hydrogen-bond donors (Lipinski definition) is 1. The van der Waals surface area contributed by atoms with Crippen molar-refractivity contribution in [2.45, 2.75) is 26.4 Å². The largest absolute Gasteiger partial charge is 0.350 e. The van der Waals surface area contributed by atoms with E-state index in [0.717, 1.165) is 27.6 Å². The maximum absolute atomic E-state index is 13.7. The summed E-state index contributed by atoms with van der Waals surface area (Å²) in [4.78, 5) is 40.0. The maximum Gasteiger partial charge on any atom is 0.336 e. The smallest absolute Gasteiger partial charge is 0.336 e. The Morgan fingerprint density at radius 1 is 0.882 bits per heavy atom. The summed E-state index contributed by atoms with van der Waals surface area (Å²) in [6, 6.07) is 24.5. The summed E-state index contributed by atoms with van der Waals surface area (Å²) in [5.41, 5.74) is 2.18. The second-order valence-corrected chi connectivity index (χ2v) is 9.12. The molecule has 0 unspecified atom stereocenters. The minimum atomic E-state index is -0.528. The van der Waals surface area contributed by atoms with Crippen molar-refractivity contribution in [2.24, 2.45) is 0 Å². The average Bonchev–Trinajstić information content (AvgIpc) is 3.26. The average molecular weight is 470 g/mol. The van der Waals surface area contributed by atoms with E-state index in [-0.39, 0.29) is 18.0 Å². The van der Waals surface area contributed by atoms with Gasteiger partial charge in [-0.3, -0.25) is 14.2 Å². The number of aromatic nitrogens is 2. The number of benzene rings is 3. The lowest BCUT2D eigenvalue weighted by Crippen LogP contribution is -2.41. The van der Waals surface area contributed by atoms with Crippen LogP contribution in [0.2, 0.25) is 0 Å². The van der Waals surface area contributed by atoms with Crippen LogP contribution in [0.15, 0.2) is 88.5 Å². The Bertz CT molecular complexity index is 1610. The molecule has 7 heteroatoms. The number of hydrogen-bond acceptors (Lipinski definition) is 4. The summed E-state index contributed by atoms with van der Waals surface area (Å²) >= 11 is 1.34. The Labute approximate surface area is 199 Å². The zero-order valence-electron chi connectivity index (χ0n) is 18.7. The molecule has 6 nitrogen and oxygen atoms in total. The highest BCUT2D eigenvalue weighted by Crippen LogP contribution is 2.31. The Morgan fingerprint density at radius 2 is 1.59 bits per heavy atom. The van der Waals surface area contributed by atoms with Gasteiger partial charge < -0.3 is 5.32 Å². The predicted octanol–water partition coefficient (Wildman–Crippen LogP) is 4.25. The Hall–Kier alpha value is -3.97. The standard InChI is InChI=1S/C27H23N3O3S/c1-2-18-12-14-20(15-13-18)30-26(32)25-24(21-10-6-7-11-22(21)34-25)29(27(30)33)17-23(31)28-16-19-8-4-3-5-9-19/h3-15H,2,16-17H2,1H3,(H,28,31). The molecule has 1 amide bonds. The fourth-order valence-corrected chi connectivity index (χ4v) is 5.24. The quantitative estimate of drug-likeness (QED) is 0.404. The second-order valence-electron chi connectivity index (χ2n) is 8.07. The predicted molar refractivity (Wildman–Crippen MR) is 137 cm³/mol. The van der Waals surface area contributed by atoms with Gasteiger partial charge in [0, 0.05) is 16.6 Å². The molecule has 0 atom stereocenters. The molecule has 0 aliphatic heterocycles. The third-order valence-corrected chi connectivity index (χ3v) is 7.04. The number of carbonyl (C=O) groups excluding carboxylic acids is 1. The minimum Gasteiger partial charge on any atom is -0.350 e. The molecule has 0 fully saturated rings. The van der Waals surface area contributed by atoms with Gasteiger partial charge in [0.25, 0.3) is 5.56 Å². The number of nitrogens with one attached hydrogen (secondary N) is 1. The van der Waals surface area contributed by atoms with Gasteiger partial charge in [-0.2, -0.15) is 0 Å². The lowest BCUT2D eigenvalue weighted by Gasteiger charge is -2.13. The van der Waals surface area contributed by atoms with Crippen LogP contribution >= 0.6 is 11.3 Å². The molecular weight excluding hydrogens is 446 g/mol. The van der Waals surface area contributed by atoms with Crippen LogP contribution in [0.1, 0.15) is 18.1 Å². The van der Waals surface area contributed by atoms with E-state index in [1.165, 1.54) is 20.5 Å². The first kappa shape index (κ1) is 21.9. The highest BCUT2D eigenvalue weighted by atomic mass is 32.1. The molecule has 5 rings (SSSR count). The number of nitrogens with zero attached hydrogens (tertiary/aromatic N) is 2. The summed E-state index contributed by atoms with van der Waals surface area (Å²) in [5.74, 6) is -0.297. The minimum absolute atomic E-state index is 0.184. The summed E-state index contributed by atoms with van der Waals surface area (Å²) in [6.45, 7) is 2.22. The van der Waals surface area contributed by atoms with E-state index in [9.17, 15) is 14.4 Å². The Balaban J connectivity index is 1.64. The van der Waals surface area contributed by atoms with Crippen LogP contribution in [0, 0.1) is 0 Å². The number of thiophene rings is 1. The van der Waals surface area contributed by atoms with Crippen molar-refractivity contribution in [1.29, 1.82) is 0 Å². The van der Waals surface area contributed by atoms with Crippen molar-refractivity contribution in [3.8, 4) is 5.69 Å². The monoisotopic (exact) mass is 469 g/mol. The zero-order chi connectivity index (χ0) is 23.7. The van der Waals surface area contributed by atoms with E-state index in [1.54, 1.807) is 12.1 Å². The van der Waals surface area contributed by atoms with Crippen molar-refractivity contribution < 1.29 is 4.79 Å². The third-order valence-electron chi connectivity index (χ3n) is 5.90. The molecule has 2 aromatic heterocycles. The second kappa shape index (κ2) is 9.11. The number of fused-ring (bicyclic) bond motifs is 3. The van der Waals surface area contributed by atoms with Gasteiger partial charge >= 0.3 is 5.69 Å². The lowest BCUT2D eigenvalue weighted by atomic mass is 10.1. The van der Waals surface area contributed by atoms with Gasteiger partial charge in [0.1, 0.15) is 11.2 Å². The molecule has 1 N–H and O–H groups in total. The number of amides is 1. The molecule has 34 heavy (non-hydrogen) atoms. The number of rotatable bonds is 6. The summed E-state index contributed by atoms with van der Waals surface area (Å²) < 4.78 is 3.94. The molecule has 0 spiro atoms. The van der Waals surface area contributed by atoms with Crippen LogP contribution in [0.3, 0.4) is 0 Å². The highest BCUT2D eigenvalue weighted by molar-refractivity contribution is 7.25. The van der Waals surface area contributed by atoms with Crippen LogP contribution in [-0.2, 0) is 24.3 Å². The van der Waals surface area contributed by atoms with E-state index in [0.29, 0.717) is 22.4 Å². The maximum atomic E-state index is 13.7. The fraction of sp³-hybridized carbons (Fsp3) is 0.148. The fourth-order valence-electron chi connectivity index (χ4n) is 4.10. The van der Waals surface area contributed by atoms with Crippen molar-refractivity contribution in [3.63, 3.8) is 0 Å². The van der Waals surface area contributed by atoms with Crippen molar-refractivity contribution in [2.75, 3.05) is 0 Å². The van der Waals surface area contributed by atoms with Crippen LogP contribution < -0.4 is 16.6 Å². The molecule has 0 saturated carbocycles. The number of aryl methyl sites for hydroxylation is 1. The van der Waals surface area contributed by atoms with Gasteiger partial charge in [0.2, 0.25) is 5.91 Å². The third kappa shape index (κ3) is 3.95. The highest BCUT2D eigenvalue weighted by Gasteiger charge is 2.20. The van der Waals surface area contributed by atoms with E-state index in [1.807, 2.05) is 73.7 Å². The first-order valence-corrected chi connectivity index (χ1v) is 12.0. The lowest BCUT2D eigenvalue weighted by molar-refractivity contribution is -0.121. The van der Waals surface area contributed by atoms with E-state index in [4.69, 9.17) is 0 Å². The van der Waals surface area contributed by atoms with Gasteiger partial charge in [0.15, 0.2) is 0 Å². The topological polar surface area (TPSA) is 73.1 Å². The zero-order valence-corrected chi connectivity index (χ0v) is 19.5. The van der Waals surface area contributed by atoms with Crippen LogP contribution in [0.5, 0.6) is 0 Å². The van der Waals surface area contributed by atoms with Crippen LogP contribution in [0.25, 0.3) is 26.0 Å². The van der Waals surface area contributed by atoms with Gasteiger partial charge in [-0.25, -0.2) is 9.36 Å². The first-order valence-electron chi connectivity index (χ1n) is 11.1. The molecule has 0 bridgehead atoms. The SMILES string of the molecule is CCc1ccc(-n2c(=O)c3sc4ccccc4c3n(CC(=O)NCc3ccccc3)c2=O)cc1. The van der Waals surface area contributed by atoms with Crippen molar-refractivity contribution in [1.82, 2.24) is 14.5 Å². The molecule has 0 radical (unpaired) electrons. The van der Waals surface area contributed by atoms with Crippen molar-refractivity contribution >= 4 is 37.5 Å². The molecular formula is C27H23N3O3S. The molecule has 0 aliphatic rings. The summed E-state index contributed by atoms with van der Waals surface area (Å²) in [5, 5.41) is 3.68. The van der Waals surface area contributed by atoms with Crippen molar-refractivity contribution in [3.05, 3.63) is 111 Å². The van der Waals surface area contributed by atoms with Gasteiger partial charge in [-0.1, -0.05) is 67.6 Å². The Morgan fingerprint density at radius 3 is 2.32 bits per heavy atom. The van der Waals surface area contributed by atoms with Gasteiger partial charge in [-0.05, 0) is 35.7 Å². The van der Waals surface area contributed by atoms with Gasteiger partial charge in [0.05, 0.1) is 11.2 Å². The molecule has 5 aromatic rings. The number of carbonyl (C=O) groups is 1. The molecule has 170 valence electrons. The van der Waals surface area contributed by atoms with Gasteiger partial charge in [-0.15, -0.1) is 11.3 Å².